The molecule has 0 saturated heterocycles. The van der Waals surface area contributed by atoms with E-state index in [2.05, 4.69) is 10.3 Å². The fourth-order valence-electron chi connectivity index (χ4n) is 4.67. The summed E-state index contributed by atoms with van der Waals surface area (Å²) in [7, 11) is 3.11. The standard InChI is InChI=1S/C29H33N3O4/c1-20-12-15-23(16-13-20)32(29(34)24-11-7-8-18-30-24)27(28(33)31-22-9-5-4-6-10-22)21-14-17-25(35-2)26(19-21)36-3/h7-8,11-19,22,27H,4-6,9-10H2,1-3H3,(H,31,33)/t27-/m1/s1. The SMILES string of the molecule is COc1ccc([C@H](C(=O)NC2CCCCC2)N(C(=O)c2ccccn2)c2ccc(C)cc2)cc1OC. The first-order chi connectivity index (χ1) is 17.5. The largest absolute Gasteiger partial charge is 0.493 e. The van der Waals surface area contributed by atoms with Crippen molar-refractivity contribution in [2.45, 2.75) is 51.1 Å². The first-order valence-corrected chi connectivity index (χ1v) is 12.4. The lowest BCUT2D eigenvalue weighted by molar-refractivity contribution is -0.123. The molecule has 0 bridgehead atoms. The van der Waals surface area contributed by atoms with Crippen LogP contribution >= 0.6 is 0 Å². The van der Waals surface area contributed by atoms with E-state index in [1.807, 2.05) is 31.2 Å². The van der Waals surface area contributed by atoms with E-state index < -0.39 is 6.04 Å². The van der Waals surface area contributed by atoms with Crippen LogP contribution in [0.1, 0.15) is 59.8 Å². The van der Waals surface area contributed by atoms with Gasteiger partial charge in [-0.3, -0.25) is 19.5 Å². The van der Waals surface area contributed by atoms with Gasteiger partial charge >= 0.3 is 0 Å². The summed E-state index contributed by atoms with van der Waals surface area (Å²) < 4.78 is 10.9. The minimum Gasteiger partial charge on any atom is -0.493 e. The predicted molar refractivity (Wildman–Crippen MR) is 140 cm³/mol. The van der Waals surface area contributed by atoms with Crippen molar-refractivity contribution in [1.82, 2.24) is 10.3 Å². The van der Waals surface area contributed by atoms with Crippen molar-refractivity contribution >= 4 is 17.5 Å². The lowest BCUT2D eigenvalue weighted by atomic mass is 9.94. The maximum atomic E-state index is 14.0. The molecule has 2 aromatic carbocycles. The summed E-state index contributed by atoms with van der Waals surface area (Å²) in [5.41, 5.74) is 2.54. The van der Waals surface area contributed by atoms with Gasteiger partial charge in [0.2, 0.25) is 5.91 Å². The highest BCUT2D eigenvalue weighted by Gasteiger charge is 2.35. The van der Waals surface area contributed by atoms with Gasteiger partial charge in [-0.25, -0.2) is 0 Å². The van der Waals surface area contributed by atoms with Gasteiger partial charge < -0.3 is 14.8 Å². The molecule has 3 aromatic rings. The molecule has 0 spiro atoms. The number of nitrogens with one attached hydrogen (secondary N) is 1. The van der Waals surface area contributed by atoms with Crippen molar-refractivity contribution in [1.29, 1.82) is 0 Å². The Bertz CT molecular complexity index is 1170. The number of anilines is 1. The second kappa shape index (κ2) is 11.7. The van der Waals surface area contributed by atoms with Crippen molar-refractivity contribution in [2.24, 2.45) is 0 Å². The van der Waals surface area contributed by atoms with Crippen LogP contribution in [0.5, 0.6) is 11.5 Å². The van der Waals surface area contributed by atoms with Crippen LogP contribution in [0.3, 0.4) is 0 Å². The van der Waals surface area contributed by atoms with E-state index in [-0.39, 0.29) is 23.6 Å². The fourth-order valence-corrected chi connectivity index (χ4v) is 4.67. The van der Waals surface area contributed by atoms with Gasteiger partial charge in [0.15, 0.2) is 11.5 Å². The van der Waals surface area contributed by atoms with Gasteiger partial charge in [-0.1, -0.05) is 49.1 Å². The van der Waals surface area contributed by atoms with Crippen LogP contribution in [0.4, 0.5) is 5.69 Å². The minimum atomic E-state index is -0.941. The average molecular weight is 488 g/mol. The summed E-state index contributed by atoms with van der Waals surface area (Å²) in [5, 5.41) is 3.23. The highest BCUT2D eigenvalue weighted by molar-refractivity contribution is 6.09. The van der Waals surface area contributed by atoms with Crippen LogP contribution in [0.2, 0.25) is 0 Å². The molecule has 36 heavy (non-hydrogen) atoms. The maximum Gasteiger partial charge on any atom is 0.277 e. The van der Waals surface area contributed by atoms with Crippen molar-refractivity contribution in [2.75, 3.05) is 19.1 Å². The summed E-state index contributed by atoms with van der Waals surface area (Å²) in [4.78, 5) is 33.7. The Morgan fingerprint density at radius 1 is 0.944 bits per heavy atom. The molecular weight excluding hydrogens is 454 g/mol. The molecule has 1 heterocycles. The molecule has 0 aliphatic heterocycles. The maximum absolute atomic E-state index is 14.0. The number of benzene rings is 2. The number of rotatable bonds is 8. The number of pyridine rings is 1. The number of carbonyl (C=O) groups excluding carboxylic acids is 2. The number of hydrogen-bond acceptors (Lipinski definition) is 5. The minimum absolute atomic E-state index is 0.0821. The Kier molecular flexibility index (Phi) is 8.21. The smallest absolute Gasteiger partial charge is 0.277 e. The molecule has 1 aliphatic carbocycles. The van der Waals surface area contributed by atoms with E-state index >= 15 is 0 Å². The van der Waals surface area contributed by atoms with Crippen molar-refractivity contribution in [3.63, 3.8) is 0 Å². The zero-order valence-electron chi connectivity index (χ0n) is 21.1. The topological polar surface area (TPSA) is 80.8 Å². The lowest BCUT2D eigenvalue weighted by Gasteiger charge is -2.33. The number of carbonyl (C=O) groups is 2. The molecule has 1 saturated carbocycles. The summed E-state index contributed by atoms with van der Waals surface area (Å²) >= 11 is 0. The third-order valence-electron chi connectivity index (χ3n) is 6.60. The van der Waals surface area contributed by atoms with Crippen LogP contribution in [0, 0.1) is 6.92 Å². The van der Waals surface area contributed by atoms with Crippen LogP contribution < -0.4 is 19.7 Å². The van der Waals surface area contributed by atoms with Crippen LogP contribution in [0.15, 0.2) is 66.9 Å². The molecular formula is C29H33N3O4. The fraction of sp³-hybridized carbons (Fsp3) is 0.345. The number of aromatic nitrogens is 1. The third kappa shape index (κ3) is 5.67. The van der Waals surface area contributed by atoms with Crippen LogP contribution in [0.25, 0.3) is 0 Å². The molecule has 0 unspecified atom stereocenters. The van der Waals surface area contributed by atoms with Crippen molar-refractivity contribution in [3.8, 4) is 11.5 Å². The molecule has 0 radical (unpaired) electrons. The molecule has 7 heteroatoms. The van der Waals surface area contributed by atoms with Crippen LogP contribution in [-0.2, 0) is 4.79 Å². The number of aryl methyl sites for hydroxylation is 1. The van der Waals surface area contributed by atoms with Gasteiger partial charge in [0.25, 0.3) is 5.91 Å². The number of ether oxygens (including phenoxy) is 2. The average Bonchev–Trinajstić information content (AvgIpc) is 2.92. The molecule has 4 rings (SSSR count). The monoisotopic (exact) mass is 487 g/mol. The first-order valence-electron chi connectivity index (χ1n) is 12.4. The highest BCUT2D eigenvalue weighted by Crippen LogP contribution is 2.35. The van der Waals surface area contributed by atoms with E-state index in [1.165, 1.54) is 11.3 Å². The van der Waals surface area contributed by atoms with E-state index in [4.69, 9.17) is 9.47 Å². The van der Waals surface area contributed by atoms with Gasteiger partial charge in [0.1, 0.15) is 11.7 Å². The quantitative estimate of drug-likeness (QED) is 0.470. The van der Waals surface area contributed by atoms with Gasteiger partial charge in [-0.05, 0) is 61.7 Å². The van der Waals surface area contributed by atoms with E-state index in [9.17, 15) is 9.59 Å². The molecule has 1 fully saturated rings. The summed E-state index contributed by atoms with van der Waals surface area (Å²) in [6, 6.07) is 17.2. The number of hydrogen-bond donors (Lipinski definition) is 1. The molecule has 1 atom stereocenters. The third-order valence-corrected chi connectivity index (χ3v) is 6.60. The van der Waals surface area contributed by atoms with E-state index in [0.29, 0.717) is 22.7 Å². The Hall–Kier alpha value is -3.87. The number of nitrogens with zero attached hydrogens (tertiary/aromatic N) is 2. The molecule has 188 valence electrons. The van der Waals surface area contributed by atoms with Gasteiger partial charge in [-0.15, -0.1) is 0 Å². The highest BCUT2D eigenvalue weighted by atomic mass is 16.5. The number of methoxy groups -OCH3 is 2. The zero-order chi connectivity index (χ0) is 25.5. The summed E-state index contributed by atoms with van der Waals surface area (Å²) in [6.07, 6.45) is 6.79. The molecule has 1 N–H and O–H groups in total. The first kappa shape index (κ1) is 25.2. The van der Waals surface area contributed by atoms with Crippen molar-refractivity contribution in [3.05, 3.63) is 83.7 Å². The predicted octanol–water partition coefficient (Wildman–Crippen LogP) is 5.24. The van der Waals surface area contributed by atoms with Crippen LogP contribution in [-0.4, -0.2) is 37.1 Å². The van der Waals surface area contributed by atoms with Gasteiger partial charge in [0.05, 0.1) is 14.2 Å². The Morgan fingerprint density at radius 2 is 1.67 bits per heavy atom. The second-order valence-electron chi connectivity index (χ2n) is 9.09. The zero-order valence-corrected chi connectivity index (χ0v) is 21.1. The van der Waals surface area contributed by atoms with Gasteiger partial charge in [0, 0.05) is 17.9 Å². The molecule has 1 aromatic heterocycles. The molecule has 7 nitrogen and oxygen atoms in total. The summed E-state index contributed by atoms with van der Waals surface area (Å²) in [5.74, 6) is 0.433. The van der Waals surface area contributed by atoms with Gasteiger partial charge in [-0.2, -0.15) is 0 Å². The number of amides is 2. The van der Waals surface area contributed by atoms with E-state index in [0.717, 1.165) is 31.2 Å². The molecule has 1 aliphatic rings. The van der Waals surface area contributed by atoms with Crippen molar-refractivity contribution < 1.29 is 19.1 Å². The second-order valence-corrected chi connectivity index (χ2v) is 9.09. The lowest BCUT2D eigenvalue weighted by Crippen LogP contribution is -2.47. The Morgan fingerprint density at radius 3 is 2.31 bits per heavy atom. The summed E-state index contributed by atoms with van der Waals surface area (Å²) in [6.45, 7) is 1.98. The Balaban J connectivity index is 1.84. The molecule has 2 amide bonds. The Labute approximate surface area is 212 Å². The normalized spacial score (nSPS) is 14.5. The van der Waals surface area contributed by atoms with E-state index in [1.54, 1.807) is 56.8 Å².